The lowest BCUT2D eigenvalue weighted by molar-refractivity contribution is 0.660. The van der Waals surface area contributed by atoms with Gasteiger partial charge in [-0.3, -0.25) is 0 Å². The number of thiophene rings is 1. The average Bonchev–Trinajstić information content (AvgIpc) is 3.82. The van der Waals surface area contributed by atoms with Crippen LogP contribution in [0, 0.1) is 0 Å². The van der Waals surface area contributed by atoms with Gasteiger partial charge in [0.25, 0.3) is 0 Å². The molecule has 0 unspecified atom stereocenters. The first-order valence-corrected chi connectivity index (χ1v) is 18.7. The zero-order valence-corrected chi connectivity index (χ0v) is 29.7. The third-order valence-electron chi connectivity index (χ3n) is 11.2. The van der Waals surface area contributed by atoms with Gasteiger partial charge < -0.3 is 9.32 Å². The lowest BCUT2D eigenvalue weighted by Gasteiger charge is -2.26. The van der Waals surface area contributed by atoms with E-state index < -0.39 is 0 Å². The molecule has 8 aromatic carbocycles. The molecule has 0 radical (unpaired) electrons. The molecule has 0 spiro atoms. The molecule has 0 bridgehead atoms. The zero-order chi connectivity index (χ0) is 34.6. The molecule has 0 aliphatic heterocycles. The Balaban J connectivity index is 1.05. The van der Waals surface area contributed by atoms with Crippen LogP contribution in [-0.4, -0.2) is 0 Å². The number of benzene rings is 8. The molecule has 0 amide bonds. The first-order chi connectivity index (χ1) is 25.5. The van der Waals surface area contributed by atoms with Crippen molar-refractivity contribution in [1.82, 2.24) is 0 Å². The maximum atomic E-state index is 6.72. The van der Waals surface area contributed by atoms with Gasteiger partial charge in [-0.15, -0.1) is 11.3 Å². The van der Waals surface area contributed by atoms with Crippen LogP contribution in [0.15, 0.2) is 168 Å². The summed E-state index contributed by atoms with van der Waals surface area (Å²) < 4.78 is 9.18. The van der Waals surface area contributed by atoms with E-state index in [0.717, 1.165) is 39.0 Å². The molecular weight excluding hydrogens is 651 g/mol. The summed E-state index contributed by atoms with van der Waals surface area (Å²) in [6.45, 7) is 4.69. The smallest absolute Gasteiger partial charge is 0.144 e. The maximum absolute atomic E-state index is 6.72. The lowest BCUT2D eigenvalue weighted by atomic mass is 9.81. The minimum atomic E-state index is -0.0308. The largest absolute Gasteiger partial charge is 0.455 e. The number of furan rings is 1. The number of para-hydroxylation sites is 1. The Hall–Kier alpha value is -6.16. The Labute approximate surface area is 305 Å². The first kappa shape index (κ1) is 29.6. The molecule has 1 aliphatic carbocycles. The van der Waals surface area contributed by atoms with Gasteiger partial charge in [0.2, 0.25) is 0 Å². The predicted octanol–water partition coefficient (Wildman–Crippen LogP) is 14.6. The van der Waals surface area contributed by atoms with Crippen molar-refractivity contribution in [3.05, 3.63) is 175 Å². The Bertz CT molecular complexity index is 3040. The summed E-state index contributed by atoms with van der Waals surface area (Å²) in [6.07, 6.45) is 0. The number of hydrogen-bond acceptors (Lipinski definition) is 3. The van der Waals surface area contributed by atoms with Crippen LogP contribution in [0.3, 0.4) is 0 Å². The van der Waals surface area contributed by atoms with E-state index in [0.29, 0.717) is 0 Å². The van der Waals surface area contributed by atoms with Crippen LogP contribution < -0.4 is 4.90 Å². The van der Waals surface area contributed by atoms with Crippen molar-refractivity contribution in [2.75, 3.05) is 4.90 Å². The van der Waals surface area contributed by atoms with Gasteiger partial charge in [0, 0.05) is 43.0 Å². The highest BCUT2D eigenvalue weighted by Gasteiger charge is 2.35. The fourth-order valence-electron chi connectivity index (χ4n) is 8.65. The van der Waals surface area contributed by atoms with Crippen molar-refractivity contribution in [3.63, 3.8) is 0 Å². The fraction of sp³-hybridized carbons (Fsp3) is 0.0612. The molecular formula is C49H33NOS. The van der Waals surface area contributed by atoms with Crippen molar-refractivity contribution >= 4 is 81.3 Å². The Morgan fingerprint density at radius 2 is 1.23 bits per heavy atom. The topological polar surface area (TPSA) is 16.4 Å². The Kier molecular flexibility index (Phi) is 6.21. The van der Waals surface area contributed by atoms with Gasteiger partial charge in [0.1, 0.15) is 11.2 Å². The van der Waals surface area contributed by atoms with Gasteiger partial charge in [-0.2, -0.15) is 0 Å². The van der Waals surface area contributed by atoms with Gasteiger partial charge in [0.15, 0.2) is 0 Å². The summed E-state index contributed by atoms with van der Waals surface area (Å²) >= 11 is 1.84. The van der Waals surface area contributed by atoms with Crippen molar-refractivity contribution in [1.29, 1.82) is 0 Å². The Morgan fingerprint density at radius 3 is 2.08 bits per heavy atom. The van der Waals surface area contributed by atoms with E-state index in [1.165, 1.54) is 64.3 Å². The monoisotopic (exact) mass is 683 g/mol. The van der Waals surface area contributed by atoms with Crippen molar-refractivity contribution in [2.24, 2.45) is 0 Å². The SMILES string of the molecule is CC1(C)c2ccccc2-c2ccc(-c3ccc(N(c4ccccc4)c4cccc5c4sc4ccc6c7cc8ccccc8cc7oc6c45)cc3)cc21. The molecule has 0 fully saturated rings. The molecule has 2 heterocycles. The van der Waals surface area contributed by atoms with E-state index in [4.69, 9.17) is 4.42 Å². The minimum Gasteiger partial charge on any atom is -0.455 e. The normalized spacial score (nSPS) is 13.3. The molecule has 246 valence electrons. The number of hydrogen-bond donors (Lipinski definition) is 0. The Morgan fingerprint density at radius 1 is 0.519 bits per heavy atom. The van der Waals surface area contributed by atoms with Crippen LogP contribution in [0.1, 0.15) is 25.0 Å². The van der Waals surface area contributed by atoms with E-state index >= 15 is 0 Å². The molecule has 0 saturated carbocycles. The third-order valence-corrected chi connectivity index (χ3v) is 12.4. The van der Waals surface area contributed by atoms with Crippen molar-refractivity contribution < 1.29 is 4.42 Å². The van der Waals surface area contributed by atoms with Crippen molar-refractivity contribution in [2.45, 2.75) is 19.3 Å². The van der Waals surface area contributed by atoms with Crippen LogP contribution in [0.2, 0.25) is 0 Å². The summed E-state index contributed by atoms with van der Waals surface area (Å²) in [5, 5.41) is 7.14. The standard InChI is InChI=1S/C49H33NOS/c1-49(2)41-17-9-8-15-36(41)37-24-21-33(28-42(37)49)30-19-22-35(23-20-30)50(34-13-4-3-5-14-34)43-18-10-16-39-46-45(52-48(39)43)26-25-38-40-27-31-11-6-7-12-32(31)29-44(40)51-47(38)46/h3-29H,1-2H3. The number of nitrogens with zero attached hydrogens (tertiary/aromatic N) is 1. The van der Waals surface area contributed by atoms with Gasteiger partial charge in [-0.25, -0.2) is 0 Å². The fourth-order valence-corrected chi connectivity index (χ4v) is 9.86. The van der Waals surface area contributed by atoms with E-state index in [1.807, 2.05) is 11.3 Å². The summed E-state index contributed by atoms with van der Waals surface area (Å²) in [7, 11) is 0. The predicted molar refractivity (Wildman–Crippen MR) is 222 cm³/mol. The zero-order valence-electron chi connectivity index (χ0n) is 28.9. The van der Waals surface area contributed by atoms with E-state index in [9.17, 15) is 0 Å². The van der Waals surface area contributed by atoms with Crippen LogP contribution >= 0.6 is 11.3 Å². The molecule has 1 aliphatic rings. The van der Waals surface area contributed by atoms with Crippen LogP contribution in [-0.2, 0) is 5.41 Å². The van der Waals surface area contributed by atoms with E-state index in [2.05, 4.69) is 183 Å². The van der Waals surface area contributed by atoms with Gasteiger partial charge >= 0.3 is 0 Å². The van der Waals surface area contributed by atoms with Gasteiger partial charge in [-0.05, 0) is 105 Å². The van der Waals surface area contributed by atoms with E-state index in [-0.39, 0.29) is 5.41 Å². The van der Waals surface area contributed by atoms with Crippen LogP contribution in [0.25, 0.3) is 75.1 Å². The average molecular weight is 684 g/mol. The van der Waals surface area contributed by atoms with Crippen LogP contribution in [0.5, 0.6) is 0 Å². The molecule has 0 N–H and O–H groups in total. The van der Waals surface area contributed by atoms with Gasteiger partial charge in [-0.1, -0.05) is 117 Å². The second-order valence-corrected chi connectivity index (χ2v) is 15.6. The number of fused-ring (bicyclic) bond motifs is 11. The molecule has 11 rings (SSSR count). The molecule has 2 nitrogen and oxygen atoms in total. The summed E-state index contributed by atoms with van der Waals surface area (Å²) in [5.41, 5.74) is 13.2. The molecule has 52 heavy (non-hydrogen) atoms. The maximum Gasteiger partial charge on any atom is 0.144 e. The molecule has 2 aromatic heterocycles. The summed E-state index contributed by atoms with van der Waals surface area (Å²) in [4.78, 5) is 2.40. The van der Waals surface area contributed by atoms with Crippen molar-refractivity contribution in [3.8, 4) is 22.3 Å². The quantitative estimate of drug-likeness (QED) is 0.184. The highest BCUT2D eigenvalue weighted by molar-refractivity contribution is 7.26. The van der Waals surface area contributed by atoms with E-state index in [1.54, 1.807) is 0 Å². The molecule has 10 aromatic rings. The first-order valence-electron chi connectivity index (χ1n) is 17.9. The highest BCUT2D eigenvalue weighted by atomic mass is 32.1. The molecule has 3 heteroatoms. The third kappa shape index (κ3) is 4.23. The molecule has 0 saturated heterocycles. The number of anilines is 3. The highest BCUT2D eigenvalue weighted by Crippen LogP contribution is 2.51. The second-order valence-electron chi connectivity index (χ2n) is 14.5. The second kappa shape index (κ2) is 10.9. The summed E-state index contributed by atoms with van der Waals surface area (Å²) in [6, 6.07) is 59.8. The lowest BCUT2D eigenvalue weighted by Crippen LogP contribution is -2.14. The van der Waals surface area contributed by atoms with Crippen LogP contribution in [0.4, 0.5) is 17.1 Å². The molecule has 0 atom stereocenters. The summed E-state index contributed by atoms with van der Waals surface area (Å²) in [5.74, 6) is 0. The van der Waals surface area contributed by atoms with Gasteiger partial charge in [0.05, 0.1) is 10.4 Å². The number of rotatable bonds is 4. The minimum absolute atomic E-state index is 0.0308.